The molecule has 0 saturated heterocycles. The summed E-state index contributed by atoms with van der Waals surface area (Å²) in [5.74, 6) is -2.82. The van der Waals surface area contributed by atoms with Crippen LogP contribution < -0.4 is 0 Å². The topological polar surface area (TPSA) is 93.2 Å². The Morgan fingerprint density at radius 3 is 1.12 bits per heavy atom. The Hall–Kier alpha value is -2.38. The summed E-state index contributed by atoms with van der Waals surface area (Å²) in [4.78, 5) is 50.5. The van der Waals surface area contributed by atoms with Crippen molar-refractivity contribution in [1.82, 2.24) is 9.80 Å². The minimum atomic E-state index is -0.947. The summed E-state index contributed by atoms with van der Waals surface area (Å²) in [6.07, 6.45) is -0.120. The maximum atomic E-state index is 12.0. The summed E-state index contributed by atoms with van der Waals surface area (Å²) in [7, 11) is 6.25. The Morgan fingerprint density at radius 1 is 0.654 bits per heavy atom. The summed E-state index contributed by atoms with van der Waals surface area (Å²) in [6, 6.07) is 0. The smallest absolute Gasteiger partial charge is 0.331 e. The van der Waals surface area contributed by atoms with Crippen molar-refractivity contribution in [3.05, 3.63) is 12.2 Å². The molecule has 0 spiro atoms. The standard InChI is InChI=1S/C18H30N2O6/c1-11(2)15(17(23)19(5)6)25-13(21)9-10-14(22)26-16(12(3)4)18(24)20(7)8/h9-12,15-16H,1-8H3/b10-9+/t15-,16-/m0/s1. The van der Waals surface area contributed by atoms with E-state index < -0.39 is 24.1 Å². The molecule has 2 amide bonds. The van der Waals surface area contributed by atoms with Crippen molar-refractivity contribution in [2.75, 3.05) is 28.2 Å². The maximum Gasteiger partial charge on any atom is 0.331 e. The van der Waals surface area contributed by atoms with Gasteiger partial charge in [0.15, 0.2) is 12.2 Å². The molecule has 0 unspecified atom stereocenters. The molecule has 2 atom stereocenters. The predicted molar refractivity (Wildman–Crippen MR) is 96.0 cm³/mol. The highest BCUT2D eigenvalue weighted by molar-refractivity contribution is 5.94. The average Bonchev–Trinajstić information content (AvgIpc) is 2.53. The lowest BCUT2D eigenvalue weighted by atomic mass is 10.1. The van der Waals surface area contributed by atoms with Crippen LogP contribution in [0.15, 0.2) is 12.2 Å². The molecule has 0 rings (SSSR count). The van der Waals surface area contributed by atoms with Crippen LogP contribution in [-0.2, 0) is 28.7 Å². The van der Waals surface area contributed by atoms with E-state index in [2.05, 4.69) is 0 Å². The van der Waals surface area contributed by atoms with E-state index in [4.69, 9.17) is 9.47 Å². The lowest BCUT2D eigenvalue weighted by Gasteiger charge is -2.23. The van der Waals surface area contributed by atoms with E-state index in [-0.39, 0.29) is 23.7 Å². The molecule has 0 aliphatic carbocycles. The molecule has 0 aliphatic rings. The van der Waals surface area contributed by atoms with Crippen LogP contribution in [0.4, 0.5) is 0 Å². The van der Waals surface area contributed by atoms with Crippen LogP contribution in [0, 0.1) is 11.8 Å². The van der Waals surface area contributed by atoms with Crippen LogP contribution in [0.5, 0.6) is 0 Å². The zero-order valence-corrected chi connectivity index (χ0v) is 16.8. The van der Waals surface area contributed by atoms with Gasteiger partial charge in [0.1, 0.15) is 0 Å². The number of hydrogen-bond donors (Lipinski definition) is 0. The van der Waals surface area contributed by atoms with Gasteiger partial charge in [0.05, 0.1) is 0 Å². The van der Waals surface area contributed by atoms with Gasteiger partial charge in [-0.2, -0.15) is 0 Å². The van der Waals surface area contributed by atoms with Crippen LogP contribution in [0.2, 0.25) is 0 Å². The third-order valence-corrected chi connectivity index (χ3v) is 3.42. The van der Waals surface area contributed by atoms with Crippen molar-refractivity contribution in [2.45, 2.75) is 39.9 Å². The molecular formula is C18H30N2O6. The van der Waals surface area contributed by atoms with Gasteiger partial charge in [-0.25, -0.2) is 9.59 Å². The fourth-order valence-corrected chi connectivity index (χ4v) is 1.92. The minimum Gasteiger partial charge on any atom is -0.449 e. The molecule has 0 aromatic carbocycles. The Bertz CT molecular complexity index is 504. The van der Waals surface area contributed by atoms with E-state index in [9.17, 15) is 19.2 Å². The van der Waals surface area contributed by atoms with E-state index in [1.165, 1.54) is 9.80 Å². The molecule has 0 saturated carbocycles. The first-order valence-corrected chi connectivity index (χ1v) is 8.40. The first kappa shape index (κ1) is 23.6. The summed E-state index contributed by atoms with van der Waals surface area (Å²) >= 11 is 0. The van der Waals surface area contributed by atoms with Crippen LogP contribution in [0.25, 0.3) is 0 Å². The largest absolute Gasteiger partial charge is 0.449 e. The van der Waals surface area contributed by atoms with Gasteiger partial charge in [-0.1, -0.05) is 27.7 Å². The van der Waals surface area contributed by atoms with Gasteiger partial charge in [0, 0.05) is 40.3 Å². The van der Waals surface area contributed by atoms with Gasteiger partial charge in [-0.05, 0) is 11.8 Å². The van der Waals surface area contributed by atoms with E-state index >= 15 is 0 Å². The van der Waals surface area contributed by atoms with E-state index in [0.29, 0.717) is 0 Å². The van der Waals surface area contributed by atoms with Gasteiger partial charge in [0.2, 0.25) is 0 Å². The molecule has 0 aromatic heterocycles. The third-order valence-electron chi connectivity index (χ3n) is 3.42. The Kier molecular flexibility index (Phi) is 9.61. The van der Waals surface area contributed by atoms with Gasteiger partial charge in [-0.15, -0.1) is 0 Å². The number of esters is 2. The summed E-state index contributed by atoms with van der Waals surface area (Å²) in [5, 5.41) is 0. The second-order valence-electron chi connectivity index (χ2n) is 7.00. The minimum absolute atomic E-state index is 0.225. The average molecular weight is 370 g/mol. The highest BCUT2D eigenvalue weighted by Gasteiger charge is 2.28. The molecule has 0 fully saturated rings. The molecular weight excluding hydrogens is 340 g/mol. The SMILES string of the molecule is CC(C)[C@H](OC(=O)/C=C/C(=O)O[C@H](C(=O)N(C)C)C(C)C)C(=O)N(C)C. The van der Waals surface area contributed by atoms with Crippen LogP contribution in [0.1, 0.15) is 27.7 Å². The summed E-state index contributed by atoms with van der Waals surface area (Å²) in [6.45, 7) is 6.99. The number of carbonyl (C=O) groups excluding carboxylic acids is 4. The van der Waals surface area contributed by atoms with Gasteiger partial charge in [0.25, 0.3) is 11.8 Å². The molecule has 0 aromatic rings. The van der Waals surface area contributed by atoms with Crippen molar-refractivity contribution in [2.24, 2.45) is 11.8 Å². The second kappa shape index (κ2) is 10.6. The van der Waals surface area contributed by atoms with Gasteiger partial charge >= 0.3 is 11.9 Å². The number of ether oxygens (including phenoxy) is 2. The van der Waals surface area contributed by atoms with Crippen molar-refractivity contribution in [1.29, 1.82) is 0 Å². The molecule has 8 nitrogen and oxygen atoms in total. The molecule has 0 N–H and O–H groups in total. The van der Waals surface area contributed by atoms with Crippen molar-refractivity contribution in [3.8, 4) is 0 Å². The van der Waals surface area contributed by atoms with E-state index in [0.717, 1.165) is 12.2 Å². The Morgan fingerprint density at radius 2 is 0.923 bits per heavy atom. The molecule has 0 bridgehead atoms. The van der Waals surface area contributed by atoms with Gasteiger partial charge in [-0.3, -0.25) is 9.59 Å². The molecule has 148 valence electrons. The van der Waals surface area contributed by atoms with Gasteiger partial charge < -0.3 is 19.3 Å². The number of carbonyl (C=O) groups is 4. The van der Waals surface area contributed by atoms with Crippen LogP contribution >= 0.6 is 0 Å². The number of nitrogens with zero attached hydrogens (tertiary/aromatic N) is 2. The third kappa shape index (κ3) is 7.67. The Balaban J connectivity index is 4.92. The highest BCUT2D eigenvalue weighted by atomic mass is 16.6. The first-order valence-electron chi connectivity index (χ1n) is 8.40. The van der Waals surface area contributed by atoms with E-state index in [1.807, 2.05) is 0 Å². The number of rotatable bonds is 8. The summed E-state index contributed by atoms with van der Waals surface area (Å²) in [5.41, 5.74) is 0. The maximum absolute atomic E-state index is 12.0. The van der Waals surface area contributed by atoms with Crippen molar-refractivity contribution < 1.29 is 28.7 Å². The highest BCUT2D eigenvalue weighted by Crippen LogP contribution is 2.11. The number of hydrogen-bond acceptors (Lipinski definition) is 6. The Labute approximate surface area is 155 Å². The van der Waals surface area contributed by atoms with Crippen molar-refractivity contribution >= 4 is 23.8 Å². The van der Waals surface area contributed by atoms with Crippen LogP contribution in [-0.4, -0.2) is 74.0 Å². The van der Waals surface area contributed by atoms with Crippen LogP contribution in [0.3, 0.4) is 0 Å². The zero-order valence-electron chi connectivity index (χ0n) is 16.8. The lowest BCUT2D eigenvalue weighted by Crippen LogP contribution is -2.40. The summed E-state index contributed by atoms with van der Waals surface area (Å²) < 4.78 is 10.2. The molecule has 0 radical (unpaired) electrons. The fourth-order valence-electron chi connectivity index (χ4n) is 1.92. The lowest BCUT2D eigenvalue weighted by molar-refractivity contribution is -0.159. The normalized spacial score (nSPS) is 13.5. The number of likely N-dealkylation sites (N-methyl/N-ethyl adjacent to an activating group) is 2. The fraction of sp³-hybridized carbons (Fsp3) is 0.667. The van der Waals surface area contributed by atoms with Crippen molar-refractivity contribution in [3.63, 3.8) is 0 Å². The molecule has 26 heavy (non-hydrogen) atoms. The quantitative estimate of drug-likeness (QED) is 0.465. The predicted octanol–water partition coefficient (Wildman–Crippen LogP) is 0.855. The molecule has 0 aliphatic heterocycles. The molecule has 8 heteroatoms. The second-order valence-corrected chi connectivity index (χ2v) is 7.00. The zero-order chi connectivity index (χ0) is 20.6. The monoisotopic (exact) mass is 370 g/mol. The van der Waals surface area contributed by atoms with E-state index in [1.54, 1.807) is 55.9 Å². The molecule has 0 heterocycles. The first-order chi connectivity index (χ1) is 11.9. The number of amides is 2.